The van der Waals surface area contributed by atoms with E-state index >= 15 is 0 Å². The van der Waals surface area contributed by atoms with Crippen LogP contribution < -0.4 is 5.32 Å². The van der Waals surface area contributed by atoms with Gasteiger partial charge in [0.15, 0.2) is 0 Å². The summed E-state index contributed by atoms with van der Waals surface area (Å²) in [7, 11) is -0.0548. The van der Waals surface area contributed by atoms with Gasteiger partial charge in [0.1, 0.15) is 0 Å². The highest BCUT2D eigenvalue weighted by Gasteiger charge is 2.34. The van der Waals surface area contributed by atoms with Crippen LogP contribution in [0.2, 0.25) is 0 Å². The summed E-state index contributed by atoms with van der Waals surface area (Å²) in [4.78, 5) is 0.330. The summed E-state index contributed by atoms with van der Waals surface area (Å²) in [6, 6.07) is 3.73. The van der Waals surface area contributed by atoms with Crippen LogP contribution in [0.1, 0.15) is 38.3 Å². The highest BCUT2D eigenvalue weighted by Crippen LogP contribution is 2.32. The minimum Gasteiger partial charge on any atom is -0.316 e. The van der Waals surface area contributed by atoms with E-state index in [4.69, 9.17) is 0 Å². The summed E-state index contributed by atoms with van der Waals surface area (Å²) < 4.78 is 28.0. The number of halogens is 1. The normalized spacial score (nSPS) is 13.0. The summed E-state index contributed by atoms with van der Waals surface area (Å²) in [6.45, 7) is 8.40. The topological polar surface area (TPSA) is 49.4 Å². The minimum atomic E-state index is -3.54. The Morgan fingerprint density at radius 1 is 1.33 bits per heavy atom. The van der Waals surface area contributed by atoms with Crippen LogP contribution >= 0.6 is 15.9 Å². The first-order valence-electron chi connectivity index (χ1n) is 7.00. The molecule has 1 aromatic carbocycles. The Bertz CT molecular complexity index is 612. The third-order valence-corrected chi connectivity index (χ3v) is 7.43. The smallest absolute Gasteiger partial charge is 0.244 e. The van der Waals surface area contributed by atoms with Crippen LogP contribution in [0.25, 0.3) is 0 Å². The number of benzene rings is 1. The molecule has 0 aliphatic heterocycles. The van der Waals surface area contributed by atoms with Gasteiger partial charge < -0.3 is 5.32 Å². The summed E-state index contributed by atoms with van der Waals surface area (Å²) in [6.07, 6.45) is 0.746. The number of nitrogens with zero attached hydrogens (tertiary/aromatic N) is 1. The molecule has 0 bridgehead atoms. The lowest BCUT2D eigenvalue weighted by atomic mass is 10.0. The molecule has 21 heavy (non-hydrogen) atoms. The van der Waals surface area contributed by atoms with Crippen molar-refractivity contribution in [3.63, 3.8) is 0 Å². The highest BCUT2D eigenvalue weighted by molar-refractivity contribution is 9.10. The van der Waals surface area contributed by atoms with Gasteiger partial charge in [0, 0.05) is 23.6 Å². The van der Waals surface area contributed by atoms with Gasteiger partial charge in [-0.25, -0.2) is 8.42 Å². The molecule has 0 spiro atoms. The van der Waals surface area contributed by atoms with Gasteiger partial charge in [-0.1, -0.05) is 13.0 Å². The molecule has 120 valence electrons. The molecule has 0 unspecified atom stereocenters. The van der Waals surface area contributed by atoms with E-state index in [1.807, 2.05) is 40.8 Å². The van der Waals surface area contributed by atoms with Crippen molar-refractivity contribution < 1.29 is 8.42 Å². The Labute approximate surface area is 137 Å². The second-order valence-corrected chi connectivity index (χ2v) is 8.62. The van der Waals surface area contributed by atoms with E-state index < -0.39 is 15.6 Å². The van der Waals surface area contributed by atoms with Crippen molar-refractivity contribution in [1.82, 2.24) is 9.62 Å². The summed E-state index contributed by atoms with van der Waals surface area (Å²) in [5.74, 6) is 0. The fourth-order valence-corrected chi connectivity index (χ4v) is 4.60. The molecule has 4 nitrogen and oxygen atoms in total. The van der Waals surface area contributed by atoms with Crippen LogP contribution in [-0.4, -0.2) is 32.4 Å². The molecule has 0 saturated heterocycles. The molecular formula is C15H25BrN2O2S. The van der Waals surface area contributed by atoms with Crippen LogP contribution in [0.3, 0.4) is 0 Å². The zero-order valence-electron chi connectivity index (χ0n) is 13.6. The fourth-order valence-electron chi connectivity index (χ4n) is 2.00. The molecule has 0 fully saturated rings. The zero-order chi connectivity index (χ0) is 16.4. The third-order valence-electron chi connectivity index (χ3n) is 4.02. The summed E-state index contributed by atoms with van der Waals surface area (Å²) in [5, 5.41) is 3.06. The first-order valence-corrected chi connectivity index (χ1v) is 9.24. The van der Waals surface area contributed by atoms with E-state index in [0.29, 0.717) is 15.9 Å². The molecule has 0 amide bonds. The number of nitrogens with one attached hydrogen (secondary N) is 1. The Balaban J connectivity index is 3.44. The molecular weight excluding hydrogens is 352 g/mol. The van der Waals surface area contributed by atoms with Crippen LogP contribution in [-0.2, 0) is 16.6 Å². The van der Waals surface area contributed by atoms with E-state index in [1.54, 1.807) is 13.1 Å². The van der Waals surface area contributed by atoms with Crippen molar-refractivity contribution in [1.29, 1.82) is 0 Å². The summed E-state index contributed by atoms with van der Waals surface area (Å²) >= 11 is 3.43. The number of rotatable bonds is 6. The molecule has 6 heteroatoms. The Hall–Kier alpha value is -0.430. The average molecular weight is 377 g/mol. The predicted octanol–water partition coefficient (Wildman–Crippen LogP) is 3.29. The molecule has 1 rings (SSSR count). The Morgan fingerprint density at radius 3 is 2.38 bits per heavy atom. The van der Waals surface area contributed by atoms with Gasteiger partial charge in [-0.15, -0.1) is 0 Å². The van der Waals surface area contributed by atoms with E-state index in [0.717, 1.165) is 17.5 Å². The van der Waals surface area contributed by atoms with Crippen molar-refractivity contribution in [3.05, 3.63) is 27.7 Å². The molecule has 0 heterocycles. The highest BCUT2D eigenvalue weighted by atomic mass is 79.9. The maximum atomic E-state index is 12.9. The number of sulfonamides is 1. The maximum Gasteiger partial charge on any atom is 0.244 e. The maximum absolute atomic E-state index is 12.9. The molecule has 1 N–H and O–H groups in total. The quantitative estimate of drug-likeness (QED) is 0.828. The molecule has 0 radical (unpaired) electrons. The lowest BCUT2D eigenvalue weighted by Gasteiger charge is -2.34. The van der Waals surface area contributed by atoms with Gasteiger partial charge in [-0.3, -0.25) is 0 Å². The van der Waals surface area contributed by atoms with Crippen LogP contribution in [0, 0.1) is 6.92 Å². The second kappa shape index (κ2) is 6.77. The van der Waals surface area contributed by atoms with Gasteiger partial charge in [0.05, 0.1) is 4.90 Å². The fraction of sp³-hybridized carbons (Fsp3) is 0.600. The second-order valence-electron chi connectivity index (χ2n) is 5.89. The Kier molecular flexibility index (Phi) is 6.00. The lowest BCUT2D eigenvalue weighted by Crippen LogP contribution is -2.44. The van der Waals surface area contributed by atoms with Crippen molar-refractivity contribution in [2.24, 2.45) is 0 Å². The van der Waals surface area contributed by atoms with Gasteiger partial charge in [-0.2, -0.15) is 4.31 Å². The third kappa shape index (κ3) is 3.86. The van der Waals surface area contributed by atoms with Crippen LogP contribution in [0.15, 0.2) is 21.5 Å². The average Bonchev–Trinajstić information content (AvgIpc) is 2.41. The standard InChI is InChI=1S/C15H25BrN2O2S/c1-7-15(3,4)18(6)21(19,20)13-9-12(10-17-5)8-11(2)14(13)16/h8-9,17H,7,10H2,1-6H3. The van der Waals surface area contributed by atoms with Gasteiger partial charge in [0.25, 0.3) is 0 Å². The monoisotopic (exact) mass is 376 g/mol. The van der Waals surface area contributed by atoms with Crippen molar-refractivity contribution in [2.45, 2.75) is 51.1 Å². The van der Waals surface area contributed by atoms with E-state index in [9.17, 15) is 8.42 Å². The molecule has 0 atom stereocenters. The predicted molar refractivity (Wildman–Crippen MR) is 91.0 cm³/mol. The minimum absolute atomic E-state index is 0.330. The van der Waals surface area contributed by atoms with Gasteiger partial charge in [-0.05, 0) is 67.4 Å². The van der Waals surface area contributed by atoms with Crippen LogP contribution in [0.5, 0.6) is 0 Å². The van der Waals surface area contributed by atoms with Gasteiger partial charge in [0.2, 0.25) is 10.0 Å². The SMILES string of the molecule is CCC(C)(C)N(C)S(=O)(=O)c1cc(CNC)cc(C)c1Br. The first kappa shape index (κ1) is 18.6. The number of hydrogen-bond acceptors (Lipinski definition) is 3. The van der Waals surface area contributed by atoms with E-state index in [1.165, 1.54) is 4.31 Å². The molecule has 0 saturated carbocycles. The zero-order valence-corrected chi connectivity index (χ0v) is 16.0. The lowest BCUT2D eigenvalue weighted by molar-refractivity contribution is 0.257. The molecule has 0 aliphatic carbocycles. The van der Waals surface area contributed by atoms with E-state index in [-0.39, 0.29) is 0 Å². The molecule has 0 aliphatic rings. The summed E-state index contributed by atoms with van der Waals surface area (Å²) in [5.41, 5.74) is 1.45. The van der Waals surface area contributed by atoms with Gasteiger partial charge >= 0.3 is 0 Å². The van der Waals surface area contributed by atoms with Crippen molar-refractivity contribution in [2.75, 3.05) is 14.1 Å². The van der Waals surface area contributed by atoms with Crippen LogP contribution in [0.4, 0.5) is 0 Å². The molecule has 1 aromatic rings. The molecule has 0 aromatic heterocycles. The van der Waals surface area contributed by atoms with Crippen molar-refractivity contribution in [3.8, 4) is 0 Å². The number of aryl methyl sites for hydroxylation is 1. The Morgan fingerprint density at radius 2 is 1.90 bits per heavy atom. The van der Waals surface area contributed by atoms with Crippen molar-refractivity contribution >= 4 is 26.0 Å². The largest absolute Gasteiger partial charge is 0.316 e. The first-order chi connectivity index (χ1) is 9.57. The number of hydrogen-bond donors (Lipinski definition) is 1. The van der Waals surface area contributed by atoms with E-state index in [2.05, 4.69) is 21.2 Å².